The number of aromatic nitrogens is 5. The van der Waals surface area contributed by atoms with Crippen LogP contribution in [0.3, 0.4) is 0 Å². The summed E-state index contributed by atoms with van der Waals surface area (Å²) in [4.78, 5) is 16.5. The Bertz CT molecular complexity index is 1170. The average molecular weight is 398 g/mol. The van der Waals surface area contributed by atoms with Gasteiger partial charge in [0.25, 0.3) is 11.8 Å². The molecule has 0 aliphatic heterocycles. The van der Waals surface area contributed by atoms with Gasteiger partial charge in [-0.25, -0.2) is 8.78 Å². The van der Waals surface area contributed by atoms with E-state index in [1.54, 1.807) is 22.7 Å². The number of fused-ring (bicyclic) bond motifs is 1. The first-order chi connectivity index (χ1) is 14.1. The zero-order valence-corrected chi connectivity index (χ0v) is 15.4. The topological polar surface area (TPSA) is 98.2 Å². The molecule has 0 atom stereocenters. The van der Waals surface area contributed by atoms with Crippen LogP contribution < -0.4 is 5.32 Å². The van der Waals surface area contributed by atoms with Gasteiger partial charge in [-0.3, -0.25) is 9.20 Å². The van der Waals surface area contributed by atoms with E-state index in [1.165, 1.54) is 6.07 Å². The molecule has 0 bridgehead atoms. The van der Waals surface area contributed by atoms with Crippen LogP contribution in [0, 0.1) is 11.6 Å². The molecule has 1 aromatic carbocycles. The molecule has 4 rings (SSSR count). The van der Waals surface area contributed by atoms with Crippen LogP contribution in [-0.4, -0.2) is 30.6 Å². The maximum atomic E-state index is 13.8. The molecule has 0 saturated carbocycles. The van der Waals surface area contributed by atoms with Gasteiger partial charge < -0.3 is 9.84 Å². The normalized spacial score (nSPS) is 11.1. The van der Waals surface area contributed by atoms with Gasteiger partial charge in [-0.05, 0) is 30.7 Å². The minimum atomic E-state index is -0.935. The van der Waals surface area contributed by atoms with Crippen LogP contribution in [0.25, 0.3) is 17.1 Å². The van der Waals surface area contributed by atoms with Crippen molar-refractivity contribution in [1.29, 1.82) is 0 Å². The first kappa shape index (κ1) is 18.7. The summed E-state index contributed by atoms with van der Waals surface area (Å²) in [7, 11) is 0. The predicted molar refractivity (Wildman–Crippen MR) is 97.8 cm³/mol. The van der Waals surface area contributed by atoms with Gasteiger partial charge in [-0.1, -0.05) is 18.1 Å². The molecule has 1 amide bonds. The smallest absolute Gasteiger partial charge is 0.261 e. The number of nitrogens with one attached hydrogen (secondary N) is 1. The number of carbonyl (C=O) groups is 1. The Hall–Kier alpha value is -3.69. The number of nitrogens with zero attached hydrogens (tertiary/aromatic N) is 5. The lowest BCUT2D eigenvalue weighted by atomic mass is 10.2. The summed E-state index contributed by atoms with van der Waals surface area (Å²) in [6.07, 6.45) is 3.29. The minimum absolute atomic E-state index is 0.0812. The monoisotopic (exact) mass is 398 g/mol. The number of benzene rings is 1. The van der Waals surface area contributed by atoms with Gasteiger partial charge in [0.05, 0.1) is 12.1 Å². The fraction of sp³-hybridized carbons (Fsp3) is 0.211. The van der Waals surface area contributed by atoms with E-state index in [4.69, 9.17) is 4.52 Å². The number of carbonyl (C=O) groups excluding carboxylic acids is 1. The molecule has 3 aromatic heterocycles. The Morgan fingerprint density at radius 2 is 1.97 bits per heavy atom. The number of amides is 1. The largest absolute Gasteiger partial charge is 0.345 e. The maximum absolute atomic E-state index is 13.8. The third kappa shape index (κ3) is 3.56. The van der Waals surface area contributed by atoms with Crippen molar-refractivity contribution >= 4 is 11.6 Å². The number of rotatable bonds is 6. The molecular weight excluding hydrogens is 382 g/mol. The Balaban J connectivity index is 1.59. The summed E-state index contributed by atoms with van der Waals surface area (Å²) < 4.78 is 34.5. The molecule has 0 spiro atoms. The number of halogens is 2. The summed E-state index contributed by atoms with van der Waals surface area (Å²) in [5, 5.41) is 14.6. The lowest BCUT2D eigenvalue weighted by molar-refractivity contribution is 0.0941. The van der Waals surface area contributed by atoms with E-state index >= 15 is 0 Å². The van der Waals surface area contributed by atoms with Crippen molar-refractivity contribution in [1.82, 2.24) is 30.1 Å². The van der Waals surface area contributed by atoms with E-state index in [-0.39, 0.29) is 6.54 Å². The van der Waals surface area contributed by atoms with Gasteiger partial charge in [0, 0.05) is 12.6 Å². The predicted octanol–water partition coefficient (Wildman–Crippen LogP) is 2.94. The second kappa shape index (κ2) is 7.74. The molecule has 29 heavy (non-hydrogen) atoms. The summed E-state index contributed by atoms with van der Waals surface area (Å²) in [6.45, 7) is 1.94. The molecule has 0 radical (unpaired) electrons. The highest BCUT2D eigenvalue weighted by Gasteiger charge is 2.19. The molecule has 148 valence electrons. The molecule has 0 fully saturated rings. The van der Waals surface area contributed by atoms with E-state index in [2.05, 4.69) is 25.7 Å². The Morgan fingerprint density at radius 1 is 1.17 bits per heavy atom. The summed E-state index contributed by atoms with van der Waals surface area (Å²) in [5.41, 5.74) is 0.407. The standard InChI is InChI=1S/C19H16F2N6O2/c1-2-5-14-23-19(29-26-14)11-6-4-9-27-15(24-25-17(11)27)10-22-18(28)16-12(20)7-3-8-13(16)21/h3-4,6-9H,2,5,10H2,1H3,(H,22,28). The second-order valence-electron chi connectivity index (χ2n) is 6.28. The summed E-state index contributed by atoms with van der Waals surface area (Å²) in [5.74, 6) is -1.46. The van der Waals surface area contributed by atoms with Crippen LogP contribution >= 0.6 is 0 Å². The highest BCUT2D eigenvalue weighted by molar-refractivity contribution is 5.94. The molecule has 10 heteroatoms. The van der Waals surface area contributed by atoms with E-state index in [9.17, 15) is 13.6 Å². The van der Waals surface area contributed by atoms with Crippen LogP contribution in [0.5, 0.6) is 0 Å². The van der Waals surface area contributed by atoms with Crippen LogP contribution in [0.15, 0.2) is 41.1 Å². The number of pyridine rings is 1. The van der Waals surface area contributed by atoms with Crippen LogP contribution in [0.1, 0.15) is 35.4 Å². The third-order valence-corrected chi connectivity index (χ3v) is 4.27. The van der Waals surface area contributed by atoms with Gasteiger partial charge >= 0.3 is 0 Å². The third-order valence-electron chi connectivity index (χ3n) is 4.27. The summed E-state index contributed by atoms with van der Waals surface area (Å²) in [6, 6.07) is 6.75. The lowest BCUT2D eigenvalue weighted by Crippen LogP contribution is -2.26. The van der Waals surface area contributed by atoms with Crippen molar-refractivity contribution < 1.29 is 18.1 Å². The first-order valence-electron chi connectivity index (χ1n) is 8.96. The minimum Gasteiger partial charge on any atom is -0.345 e. The molecule has 0 unspecified atom stereocenters. The lowest BCUT2D eigenvalue weighted by Gasteiger charge is -2.06. The molecule has 8 nitrogen and oxygen atoms in total. The highest BCUT2D eigenvalue weighted by Crippen LogP contribution is 2.22. The Kier molecular flexibility index (Phi) is 4.98. The molecule has 0 aliphatic rings. The van der Waals surface area contributed by atoms with Crippen molar-refractivity contribution in [3.63, 3.8) is 0 Å². The second-order valence-corrected chi connectivity index (χ2v) is 6.28. The molecule has 4 aromatic rings. The maximum Gasteiger partial charge on any atom is 0.261 e. The molecule has 0 saturated heterocycles. The van der Waals surface area contributed by atoms with Crippen LogP contribution in [0.2, 0.25) is 0 Å². The van der Waals surface area contributed by atoms with E-state index in [0.29, 0.717) is 35.2 Å². The van der Waals surface area contributed by atoms with Gasteiger partial charge in [-0.2, -0.15) is 4.98 Å². The quantitative estimate of drug-likeness (QED) is 0.536. The van der Waals surface area contributed by atoms with Crippen molar-refractivity contribution in [2.24, 2.45) is 0 Å². The van der Waals surface area contributed by atoms with Gasteiger partial charge in [0.1, 0.15) is 17.2 Å². The highest BCUT2D eigenvalue weighted by atomic mass is 19.1. The van der Waals surface area contributed by atoms with E-state index < -0.39 is 23.1 Å². The average Bonchev–Trinajstić information content (AvgIpc) is 3.33. The molecular formula is C19H16F2N6O2. The number of hydrogen-bond donors (Lipinski definition) is 1. The zero-order chi connectivity index (χ0) is 20.4. The Morgan fingerprint density at radius 3 is 2.72 bits per heavy atom. The van der Waals surface area contributed by atoms with E-state index in [1.807, 2.05) is 6.92 Å². The zero-order valence-electron chi connectivity index (χ0n) is 15.4. The van der Waals surface area contributed by atoms with Crippen LogP contribution in [0.4, 0.5) is 8.78 Å². The SMILES string of the molecule is CCCc1noc(-c2cccn3c(CNC(=O)c4c(F)cccc4F)nnc23)n1. The van der Waals surface area contributed by atoms with Gasteiger partial charge in [0.2, 0.25) is 0 Å². The van der Waals surface area contributed by atoms with Crippen molar-refractivity contribution in [2.45, 2.75) is 26.3 Å². The first-order valence-corrected chi connectivity index (χ1v) is 8.96. The number of hydrogen-bond acceptors (Lipinski definition) is 6. The van der Waals surface area contributed by atoms with Crippen molar-refractivity contribution in [3.8, 4) is 11.5 Å². The molecule has 3 heterocycles. The van der Waals surface area contributed by atoms with Crippen LogP contribution in [-0.2, 0) is 13.0 Å². The van der Waals surface area contributed by atoms with Crippen molar-refractivity contribution in [3.05, 3.63) is 65.4 Å². The fourth-order valence-electron chi connectivity index (χ4n) is 2.90. The van der Waals surface area contributed by atoms with Gasteiger partial charge in [0.15, 0.2) is 17.3 Å². The Labute approximate surface area is 163 Å². The fourth-order valence-corrected chi connectivity index (χ4v) is 2.90. The molecule has 0 aliphatic carbocycles. The van der Waals surface area contributed by atoms with Crippen molar-refractivity contribution in [2.75, 3.05) is 0 Å². The number of aryl methyl sites for hydroxylation is 1. The van der Waals surface area contributed by atoms with Gasteiger partial charge in [-0.15, -0.1) is 10.2 Å². The molecule has 1 N–H and O–H groups in total. The summed E-state index contributed by atoms with van der Waals surface area (Å²) >= 11 is 0. The van der Waals surface area contributed by atoms with E-state index in [0.717, 1.165) is 18.6 Å².